The first-order valence-corrected chi connectivity index (χ1v) is 9.96. The van der Waals surface area contributed by atoms with Crippen molar-refractivity contribution in [3.05, 3.63) is 58.1 Å². The number of hydrogen-bond donors (Lipinski definition) is 3. The molecule has 1 saturated heterocycles. The molecule has 2 aliphatic rings. The highest BCUT2D eigenvalue weighted by molar-refractivity contribution is 6.31. The van der Waals surface area contributed by atoms with E-state index in [4.69, 9.17) is 11.6 Å². The molecule has 10 heteroatoms. The number of carbonyl (C=O) groups is 3. The van der Waals surface area contributed by atoms with Gasteiger partial charge in [0.25, 0.3) is 11.8 Å². The molecule has 0 spiro atoms. The van der Waals surface area contributed by atoms with Crippen LogP contribution in [0.3, 0.4) is 0 Å². The van der Waals surface area contributed by atoms with Crippen LogP contribution in [0, 0.1) is 11.6 Å². The maximum Gasteiger partial charge on any atom is 0.268 e. The summed E-state index contributed by atoms with van der Waals surface area (Å²) in [5, 5.41) is 15.1. The second-order valence-electron chi connectivity index (χ2n) is 7.47. The zero-order valence-corrected chi connectivity index (χ0v) is 16.9. The van der Waals surface area contributed by atoms with Gasteiger partial charge in [0.1, 0.15) is 16.7 Å². The van der Waals surface area contributed by atoms with E-state index in [1.54, 1.807) is 18.2 Å². The third kappa shape index (κ3) is 3.75. The fraction of sp³-hybridized carbons (Fsp3) is 0.286. The third-order valence-electron chi connectivity index (χ3n) is 5.52. The predicted molar refractivity (Wildman–Crippen MR) is 109 cm³/mol. The topological polar surface area (TPSA) is 98.7 Å². The van der Waals surface area contributed by atoms with E-state index in [9.17, 15) is 28.3 Å². The molecule has 2 aromatic carbocycles. The van der Waals surface area contributed by atoms with Gasteiger partial charge in [-0.3, -0.25) is 14.4 Å². The minimum atomic E-state index is -2.32. The minimum Gasteiger partial charge on any atom is -0.372 e. The maximum absolute atomic E-state index is 14.0. The summed E-state index contributed by atoms with van der Waals surface area (Å²) in [5.74, 6) is -3.82. The van der Waals surface area contributed by atoms with Crippen molar-refractivity contribution in [1.82, 2.24) is 5.32 Å². The maximum atomic E-state index is 14.0. The Morgan fingerprint density at radius 2 is 2.00 bits per heavy atom. The van der Waals surface area contributed by atoms with Gasteiger partial charge in [0.05, 0.1) is 0 Å². The molecule has 0 aliphatic carbocycles. The van der Waals surface area contributed by atoms with Crippen molar-refractivity contribution < 1.29 is 28.3 Å². The van der Waals surface area contributed by atoms with E-state index in [0.717, 1.165) is 17.7 Å². The number of aliphatic hydroxyl groups is 1. The van der Waals surface area contributed by atoms with E-state index in [0.29, 0.717) is 24.2 Å². The normalized spacial score (nSPS) is 20.5. The summed E-state index contributed by atoms with van der Waals surface area (Å²) in [6, 6.07) is 7.12. The van der Waals surface area contributed by atoms with Gasteiger partial charge < -0.3 is 20.6 Å². The Morgan fingerprint density at radius 3 is 2.77 bits per heavy atom. The van der Waals surface area contributed by atoms with Gasteiger partial charge in [-0.15, -0.1) is 0 Å². The SMILES string of the molecule is O=C1CCc2cc(N3CC[C@](O)(C(=O)NCc4ccc(F)c(Cl)c4F)C3=O)ccc2N1. The van der Waals surface area contributed by atoms with Gasteiger partial charge in [-0.05, 0) is 36.2 Å². The van der Waals surface area contributed by atoms with Crippen molar-refractivity contribution in [2.45, 2.75) is 31.4 Å². The molecule has 0 bridgehead atoms. The van der Waals surface area contributed by atoms with Crippen LogP contribution in [0.2, 0.25) is 5.02 Å². The van der Waals surface area contributed by atoms with Gasteiger partial charge in [-0.2, -0.15) is 0 Å². The Balaban J connectivity index is 1.48. The largest absolute Gasteiger partial charge is 0.372 e. The van der Waals surface area contributed by atoms with Gasteiger partial charge in [0.2, 0.25) is 11.5 Å². The lowest BCUT2D eigenvalue weighted by Crippen LogP contribution is -2.52. The second-order valence-corrected chi connectivity index (χ2v) is 7.85. The van der Waals surface area contributed by atoms with Crippen LogP contribution in [0.1, 0.15) is 24.0 Å². The van der Waals surface area contributed by atoms with Crippen molar-refractivity contribution in [2.75, 3.05) is 16.8 Å². The number of aryl methyl sites for hydroxylation is 1. The van der Waals surface area contributed by atoms with Gasteiger partial charge >= 0.3 is 0 Å². The molecule has 2 aliphatic heterocycles. The van der Waals surface area contributed by atoms with Gasteiger partial charge in [-0.25, -0.2) is 8.78 Å². The first-order chi connectivity index (χ1) is 14.7. The molecule has 0 unspecified atom stereocenters. The fourth-order valence-corrected chi connectivity index (χ4v) is 3.91. The summed E-state index contributed by atoms with van der Waals surface area (Å²) in [6.07, 6.45) is 0.701. The molecule has 4 rings (SSSR count). The molecule has 0 aromatic heterocycles. The number of nitrogens with zero attached hydrogens (tertiary/aromatic N) is 1. The molecule has 2 aromatic rings. The Labute approximate surface area is 181 Å². The molecule has 31 heavy (non-hydrogen) atoms. The number of carbonyl (C=O) groups excluding carboxylic acids is 3. The van der Waals surface area contributed by atoms with Crippen LogP contribution in [0.15, 0.2) is 30.3 Å². The molecule has 2 heterocycles. The Bertz CT molecular complexity index is 1110. The van der Waals surface area contributed by atoms with Crippen LogP contribution in [-0.2, 0) is 27.3 Å². The van der Waals surface area contributed by atoms with E-state index in [2.05, 4.69) is 10.6 Å². The first kappa shape index (κ1) is 21.2. The lowest BCUT2D eigenvalue weighted by molar-refractivity contribution is -0.149. The number of anilines is 2. The quantitative estimate of drug-likeness (QED) is 0.492. The van der Waals surface area contributed by atoms with Crippen molar-refractivity contribution in [3.8, 4) is 0 Å². The smallest absolute Gasteiger partial charge is 0.268 e. The number of amides is 3. The number of benzene rings is 2. The van der Waals surface area contributed by atoms with Crippen LogP contribution in [0.5, 0.6) is 0 Å². The number of rotatable bonds is 4. The molecule has 1 fully saturated rings. The monoisotopic (exact) mass is 449 g/mol. The summed E-state index contributed by atoms with van der Waals surface area (Å²) in [5.41, 5.74) is -0.375. The van der Waals surface area contributed by atoms with E-state index in [-0.39, 0.29) is 31.0 Å². The van der Waals surface area contributed by atoms with Gasteiger partial charge in [0, 0.05) is 42.9 Å². The Hall–Kier alpha value is -3.04. The summed E-state index contributed by atoms with van der Waals surface area (Å²) in [4.78, 5) is 38.2. The van der Waals surface area contributed by atoms with Crippen LogP contribution in [-0.4, -0.2) is 35.0 Å². The standard InChI is InChI=1S/C21H18ClF2N3O4/c22-17-14(23)4-1-12(18(17)24)10-25-19(29)21(31)7-8-27(20(21)30)13-3-5-15-11(9-13)2-6-16(28)26-15/h1,3-5,9,31H,2,6-8,10H2,(H,25,29)(H,26,28)/t21-/m0/s1. The highest BCUT2D eigenvalue weighted by Crippen LogP contribution is 2.33. The molecule has 7 nitrogen and oxygen atoms in total. The van der Waals surface area contributed by atoms with E-state index >= 15 is 0 Å². The molecule has 3 amide bonds. The number of halogens is 3. The second kappa shape index (κ2) is 7.90. The number of fused-ring (bicyclic) bond motifs is 1. The summed E-state index contributed by atoms with van der Waals surface area (Å²) in [6.45, 7) is -0.274. The first-order valence-electron chi connectivity index (χ1n) is 9.58. The lowest BCUT2D eigenvalue weighted by atomic mass is 10.0. The molecule has 0 radical (unpaired) electrons. The van der Waals surface area contributed by atoms with Gasteiger partial charge in [0.15, 0.2) is 0 Å². The minimum absolute atomic E-state index is 0.0811. The summed E-state index contributed by atoms with van der Waals surface area (Å²) < 4.78 is 27.3. The third-order valence-corrected chi connectivity index (χ3v) is 5.87. The zero-order chi connectivity index (χ0) is 22.3. The Kier molecular flexibility index (Phi) is 5.40. The van der Waals surface area contributed by atoms with Crippen molar-refractivity contribution in [3.63, 3.8) is 0 Å². The average molecular weight is 450 g/mol. The van der Waals surface area contributed by atoms with Crippen molar-refractivity contribution in [2.24, 2.45) is 0 Å². The van der Waals surface area contributed by atoms with E-state index < -0.39 is 34.1 Å². The fourth-order valence-electron chi connectivity index (χ4n) is 3.72. The molecule has 0 saturated carbocycles. The lowest BCUT2D eigenvalue weighted by Gasteiger charge is -2.24. The number of hydrogen-bond acceptors (Lipinski definition) is 4. The van der Waals surface area contributed by atoms with Crippen molar-refractivity contribution in [1.29, 1.82) is 0 Å². The van der Waals surface area contributed by atoms with E-state index in [1.165, 1.54) is 4.90 Å². The molecule has 3 N–H and O–H groups in total. The average Bonchev–Trinajstić information content (AvgIpc) is 3.06. The van der Waals surface area contributed by atoms with Crippen LogP contribution < -0.4 is 15.5 Å². The highest BCUT2D eigenvalue weighted by Gasteiger charge is 2.51. The predicted octanol–water partition coefficient (Wildman–Crippen LogP) is 2.29. The van der Waals surface area contributed by atoms with Crippen LogP contribution >= 0.6 is 11.6 Å². The molecule has 162 valence electrons. The zero-order valence-electron chi connectivity index (χ0n) is 16.2. The van der Waals surface area contributed by atoms with Crippen molar-refractivity contribution >= 4 is 40.7 Å². The summed E-state index contributed by atoms with van der Waals surface area (Å²) >= 11 is 5.53. The number of nitrogens with one attached hydrogen (secondary N) is 2. The Morgan fingerprint density at radius 1 is 1.23 bits per heavy atom. The highest BCUT2D eigenvalue weighted by atomic mass is 35.5. The van der Waals surface area contributed by atoms with E-state index in [1.807, 2.05) is 0 Å². The van der Waals surface area contributed by atoms with Gasteiger partial charge in [-0.1, -0.05) is 17.7 Å². The summed E-state index contributed by atoms with van der Waals surface area (Å²) in [7, 11) is 0. The molecular formula is C21H18ClF2N3O4. The molecular weight excluding hydrogens is 432 g/mol. The van der Waals surface area contributed by atoms with Crippen LogP contribution in [0.4, 0.5) is 20.2 Å². The molecule has 1 atom stereocenters. The van der Waals surface area contributed by atoms with Crippen LogP contribution in [0.25, 0.3) is 0 Å².